The number of benzene rings is 1. The van der Waals surface area contributed by atoms with Gasteiger partial charge in [0.15, 0.2) is 0 Å². The zero-order valence-corrected chi connectivity index (χ0v) is 12.9. The summed E-state index contributed by atoms with van der Waals surface area (Å²) in [6, 6.07) is 5.52. The zero-order valence-electron chi connectivity index (χ0n) is 12.9. The van der Waals surface area contributed by atoms with Gasteiger partial charge in [0.1, 0.15) is 11.5 Å². The highest BCUT2D eigenvalue weighted by Gasteiger charge is 2.15. The molecule has 126 valence electrons. The zero-order chi connectivity index (χ0) is 17.3. The summed E-state index contributed by atoms with van der Waals surface area (Å²) in [5.74, 6) is -0.663. The minimum atomic E-state index is -0.664. The van der Waals surface area contributed by atoms with E-state index in [1.54, 1.807) is 6.92 Å². The van der Waals surface area contributed by atoms with Crippen molar-refractivity contribution in [3.63, 3.8) is 0 Å². The molecule has 0 aliphatic heterocycles. The van der Waals surface area contributed by atoms with Crippen molar-refractivity contribution >= 4 is 10.9 Å². The highest BCUT2D eigenvalue weighted by atomic mass is 19.1. The summed E-state index contributed by atoms with van der Waals surface area (Å²) < 4.78 is 29.9. The maximum atomic E-state index is 14.4. The molecule has 0 amide bonds. The van der Waals surface area contributed by atoms with Gasteiger partial charge in [-0.1, -0.05) is 0 Å². The summed E-state index contributed by atoms with van der Waals surface area (Å²) in [5, 5.41) is 7.82. The van der Waals surface area contributed by atoms with Crippen LogP contribution in [0.4, 0.5) is 8.78 Å². The highest BCUT2D eigenvalue weighted by Crippen LogP contribution is 2.20. The molecular formula is C15H15F2N5O2. The van der Waals surface area contributed by atoms with Crippen LogP contribution in [0.15, 0.2) is 33.9 Å². The van der Waals surface area contributed by atoms with E-state index in [1.807, 2.05) is 0 Å². The van der Waals surface area contributed by atoms with E-state index in [4.69, 9.17) is 0 Å². The molecule has 0 radical (unpaired) electrons. The van der Waals surface area contributed by atoms with Gasteiger partial charge in [0, 0.05) is 18.0 Å². The Hall–Kier alpha value is -2.84. The van der Waals surface area contributed by atoms with Crippen LogP contribution in [-0.4, -0.2) is 31.0 Å². The first-order chi connectivity index (χ1) is 11.6. The minimum Gasteiger partial charge on any atom is -0.308 e. The fourth-order valence-corrected chi connectivity index (χ4v) is 2.57. The molecule has 9 heteroatoms. The van der Waals surface area contributed by atoms with Crippen LogP contribution < -0.4 is 11.2 Å². The number of nitrogens with zero attached hydrogens (tertiary/aromatic N) is 5. The molecule has 24 heavy (non-hydrogen) atoms. The third kappa shape index (κ3) is 2.61. The number of aromatic nitrogens is 5. The van der Waals surface area contributed by atoms with Crippen LogP contribution in [0, 0.1) is 5.82 Å². The van der Waals surface area contributed by atoms with Crippen LogP contribution in [0.25, 0.3) is 16.6 Å². The lowest BCUT2D eigenvalue weighted by atomic mass is 10.2. The first kappa shape index (κ1) is 16.0. The molecule has 0 fully saturated rings. The molecule has 0 bridgehead atoms. The van der Waals surface area contributed by atoms with Crippen LogP contribution in [0.5, 0.6) is 0 Å². The number of rotatable bonds is 5. The quantitative estimate of drug-likeness (QED) is 0.704. The Morgan fingerprint density at radius 1 is 1.17 bits per heavy atom. The van der Waals surface area contributed by atoms with Crippen LogP contribution in [0.3, 0.4) is 0 Å². The van der Waals surface area contributed by atoms with Crippen molar-refractivity contribution in [2.24, 2.45) is 0 Å². The molecule has 0 aliphatic rings. The van der Waals surface area contributed by atoms with Crippen molar-refractivity contribution in [3.8, 4) is 5.69 Å². The fourth-order valence-electron chi connectivity index (χ4n) is 2.57. The average Bonchev–Trinajstić information content (AvgIpc) is 2.93. The van der Waals surface area contributed by atoms with Crippen LogP contribution in [-0.2, 0) is 13.1 Å². The van der Waals surface area contributed by atoms with E-state index in [0.29, 0.717) is 17.4 Å². The molecule has 2 heterocycles. The third-order valence-corrected chi connectivity index (χ3v) is 3.75. The minimum absolute atomic E-state index is 0.0597. The standard InChI is InChI=1S/C15H15F2N5O2/c1-2-20-12-9-13(11(17)8-10(12)4-5-14(20)23)22-15(24)21(18-19-22)7-3-6-16/h4-5,8-9H,2-3,6-7H2,1H3. The summed E-state index contributed by atoms with van der Waals surface area (Å²) >= 11 is 0. The number of halogens is 2. The van der Waals surface area contributed by atoms with Gasteiger partial charge in [-0.15, -0.1) is 0 Å². The predicted octanol–water partition coefficient (Wildman–Crippen LogP) is 1.26. The number of aryl methyl sites for hydroxylation is 2. The first-order valence-corrected chi connectivity index (χ1v) is 7.49. The normalized spacial score (nSPS) is 11.3. The van der Waals surface area contributed by atoms with E-state index in [1.165, 1.54) is 28.8 Å². The van der Waals surface area contributed by atoms with E-state index >= 15 is 0 Å². The number of fused-ring (bicyclic) bond motifs is 1. The second-order valence-corrected chi connectivity index (χ2v) is 5.22. The lowest BCUT2D eigenvalue weighted by molar-refractivity contribution is 0.427. The molecule has 7 nitrogen and oxygen atoms in total. The topological polar surface area (TPSA) is 74.7 Å². The lowest BCUT2D eigenvalue weighted by Gasteiger charge is -2.09. The van der Waals surface area contributed by atoms with Gasteiger partial charge in [0.2, 0.25) is 0 Å². The Morgan fingerprint density at radius 2 is 1.96 bits per heavy atom. The summed E-state index contributed by atoms with van der Waals surface area (Å²) in [6.07, 6.45) is 0.119. The van der Waals surface area contributed by atoms with E-state index in [0.717, 1.165) is 9.36 Å². The second kappa shape index (κ2) is 6.34. The molecule has 0 aliphatic carbocycles. The Kier molecular flexibility index (Phi) is 4.24. The number of alkyl halides is 1. The molecule has 0 N–H and O–H groups in total. The first-order valence-electron chi connectivity index (χ1n) is 7.49. The lowest BCUT2D eigenvalue weighted by Crippen LogP contribution is -2.25. The van der Waals surface area contributed by atoms with Gasteiger partial charge in [-0.25, -0.2) is 9.18 Å². The van der Waals surface area contributed by atoms with Crippen LogP contribution in [0.1, 0.15) is 13.3 Å². The van der Waals surface area contributed by atoms with E-state index in [9.17, 15) is 18.4 Å². The van der Waals surface area contributed by atoms with Crippen molar-refractivity contribution in [1.82, 2.24) is 24.4 Å². The summed E-state index contributed by atoms with van der Waals surface area (Å²) in [6.45, 7) is 1.67. The maximum absolute atomic E-state index is 14.4. The van der Waals surface area contributed by atoms with E-state index in [-0.39, 0.29) is 24.2 Å². The molecule has 1 aromatic carbocycles. The van der Waals surface area contributed by atoms with Crippen molar-refractivity contribution < 1.29 is 8.78 Å². The Bertz CT molecular complexity index is 1010. The monoisotopic (exact) mass is 335 g/mol. The molecule has 0 saturated carbocycles. The maximum Gasteiger partial charge on any atom is 0.368 e. The van der Waals surface area contributed by atoms with Gasteiger partial charge in [-0.3, -0.25) is 9.18 Å². The van der Waals surface area contributed by atoms with E-state index < -0.39 is 18.2 Å². The van der Waals surface area contributed by atoms with Gasteiger partial charge in [0.25, 0.3) is 5.56 Å². The van der Waals surface area contributed by atoms with Gasteiger partial charge < -0.3 is 4.57 Å². The number of hydrogen-bond donors (Lipinski definition) is 0. The second-order valence-electron chi connectivity index (χ2n) is 5.22. The van der Waals surface area contributed by atoms with Crippen molar-refractivity contribution in [3.05, 3.63) is 50.9 Å². The fraction of sp³-hybridized carbons (Fsp3) is 0.333. The molecule has 0 unspecified atom stereocenters. The van der Waals surface area contributed by atoms with Crippen LogP contribution >= 0.6 is 0 Å². The Morgan fingerprint density at radius 3 is 2.67 bits per heavy atom. The molecule has 0 saturated heterocycles. The number of pyridine rings is 1. The van der Waals surface area contributed by atoms with Crippen molar-refractivity contribution in [2.45, 2.75) is 26.4 Å². The Labute approximate surface area is 134 Å². The van der Waals surface area contributed by atoms with Crippen LogP contribution in [0.2, 0.25) is 0 Å². The predicted molar refractivity (Wildman–Crippen MR) is 83.6 cm³/mol. The largest absolute Gasteiger partial charge is 0.368 e. The number of tetrazole rings is 1. The van der Waals surface area contributed by atoms with Crippen molar-refractivity contribution in [2.75, 3.05) is 6.67 Å². The molecule has 3 rings (SSSR count). The van der Waals surface area contributed by atoms with Gasteiger partial charge in [-0.05, 0) is 42.0 Å². The molecule has 0 atom stereocenters. The summed E-state index contributed by atoms with van der Waals surface area (Å²) in [5.41, 5.74) is -0.497. The van der Waals surface area contributed by atoms with Gasteiger partial charge >= 0.3 is 5.69 Å². The average molecular weight is 335 g/mol. The SMILES string of the molecule is CCn1c(=O)ccc2cc(F)c(-n3nnn(CCCF)c3=O)cc21. The Balaban J connectivity index is 2.20. The van der Waals surface area contributed by atoms with Gasteiger partial charge in [0.05, 0.1) is 18.7 Å². The number of hydrogen-bond acceptors (Lipinski definition) is 4. The molecule has 2 aromatic heterocycles. The smallest absolute Gasteiger partial charge is 0.308 e. The molecule has 0 spiro atoms. The highest BCUT2D eigenvalue weighted by molar-refractivity contribution is 5.81. The summed E-state index contributed by atoms with van der Waals surface area (Å²) in [7, 11) is 0. The molecular weight excluding hydrogens is 320 g/mol. The molecule has 3 aromatic rings. The van der Waals surface area contributed by atoms with E-state index in [2.05, 4.69) is 10.4 Å². The van der Waals surface area contributed by atoms with Crippen molar-refractivity contribution in [1.29, 1.82) is 0 Å². The summed E-state index contributed by atoms with van der Waals surface area (Å²) in [4.78, 5) is 24.1. The van der Waals surface area contributed by atoms with Gasteiger partial charge in [-0.2, -0.15) is 9.36 Å². The third-order valence-electron chi connectivity index (χ3n) is 3.75.